The van der Waals surface area contributed by atoms with Crippen LogP contribution < -0.4 is 4.90 Å². The van der Waals surface area contributed by atoms with Gasteiger partial charge in [0.05, 0.1) is 9.79 Å². The molecular formula is C37H37N2O10S3+. The number of hydrogen-bond donors (Lipinski definition) is 4. The van der Waals surface area contributed by atoms with Gasteiger partial charge in [0.25, 0.3) is 30.4 Å². The Kier molecular flexibility index (Phi) is 11.3. The molecule has 12 nitrogen and oxygen atoms in total. The number of nitrogens with zero attached hydrogens (tertiary/aromatic N) is 2. The van der Waals surface area contributed by atoms with Crippen LogP contribution in [0.15, 0.2) is 129 Å². The maximum absolute atomic E-state index is 12.9. The predicted octanol–water partition coefficient (Wildman–Crippen LogP) is 6.01. The van der Waals surface area contributed by atoms with E-state index in [4.69, 9.17) is 0 Å². The standard InChI is InChI=1S/C37H36N2O10S3/c1-3-38(24-27-7-5-9-33(22-27)50(41,42)43)31-16-11-26(12-17-31)21-30-15-20-35(40)36(37(30)52(47,48)49)29-13-18-32(19-14-29)39(4-2)25-28-8-6-10-34(23-28)51(44,45)46/h5-23H,3-4,24-25H2,1-2H3,(H3,41,42,43,44,45,46,47,48,49)/p+1. The summed E-state index contributed by atoms with van der Waals surface area (Å²) in [6, 6.07) is 21.3. The number of hydrogen-bond acceptors (Lipinski definition) is 8. The van der Waals surface area contributed by atoms with Crippen molar-refractivity contribution in [3.63, 3.8) is 0 Å². The first-order chi connectivity index (χ1) is 24.5. The zero-order valence-electron chi connectivity index (χ0n) is 28.2. The Labute approximate surface area is 303 Å². The zero-order valence-corrected chi connectivity index (χ0v) is 30.6. The Morgan fingerprint density at radius 3 is 1.81 bits per heavy atom. The third kappa shape index (κ3) is 9.11. The highest BCUT2D eigenvalue weighted by molar-refractivity contribution is 7.86. The molecule has 0 unspecified atom stereocenters. The quantitative estimate of drug-likeness (QED) is 0.0977. The molecule has 0 atom stereocenters. The lowest BCUT2D eigenvalue weighted by molar-refractivity contribution is -0.539. The van der Waals surface area contributed by atoms with Gasteiger partial charge in [0, 0.05) is 42.1 Å². The van der Waals surface area contributed by atoms with Crippen molar-refractivity contribution in [1.82, 2.24) is 0 Å². The highest BCUT2D eigenvalue weighted by Gasteiger charge is 2.25. The molecule has 0 aromatic heterocycles. The maximum atomic E-state index is 12.9. The second-order valence-electron chi connectivity index (χ2n) is 11.9. The molecule has 5 rings (SSSR count). The summed E-state index contributed by atoms with van der Waals surface area (Å²) in [7, 11) is -13.6. The van der Waals surface area contributed by atoms with Crippen LogP contribution in [0.3, 0.4) is 0 Å². The van der Waals surface area contributed by atoms with Gasteiger partial charge in [-0.15, -0.1) is 0 Å². The summed E-state index contributed by atoms with van der Waals surface area (Å²) in [6.45, 7) is 5.59. The van der Waals surface area contributed by atoms with Crippen molar-refractivity contribution in [3.8, 4) is 16.9 Å². The SMILES string of the molecule is CCN(Cc1cccc(S(=O)(=O)O)c1)c1ccc(-c2c(O)ccc(C=C3C=CC(=[N+](CC)Cc4cccc(S(=O)(=O)O)c4)C=C3)c2S(=O)(=O)O)cc1. The Balaban J connectivity index is 1.44. The minimum Gasteiger partial charge on any atom is -0.507 e. The molecule has 52 heavy (non-hydrogen) atoms. The molecule has 0 saturated heterocycles. The van der Waals surface area contributed by atoms with Crippen molar-refractivity contribution in [2.24, 2.45) is 0 Å². The molecule has 4 aromatic rings. The molecule has 1 aliphatic rings. The topological polar surface area (TPSA) is 190 Å². The molecule has 0 spiro atoms. The van der Waals surface area contributed by atoms with Gasteiger partial charge in [-0.05, 0) is 103 Å². The molecule has 0 fully saturated rings. The first-order valence-corrected chi connectivity index (χ1v) is 20.3. The van der Waals surface area contributed by atoms with E-state index >= 15 is 0 Å². The number of phenolic OH excluding ortho intramolecular Hbond substituents is 1. The van der Waals surface area contributed by atoms with Crippen LogP contribution in [-0.2, 0) is 43.4 Å². The minimum absolute atomic E-state index is 0.0902. The van der Waals surface area contributed by atoms with Crippen molar-refractivity contribution in [2.45, 2.75) is 41.6 Å². The lowest BCUT2D eigenvalue weighted by Gasteiger charge is -2.24. The summed E-state index contributed by atoms with van der Waals surface area (Å²) in [6.07, 6.45) is 8.70. The largest absolute Gasteiger partial charge is 0.507 e. The molecule has 0 saturated carbocycles. The smallest absolute Gasteiger partial charge is 0.295 e. The molecule has 1 aliphatic carbocycles. The Bertz CT molecular complexity index is 2450. The summed E-state index contributed by atoms with van der Waals surface area (Å²) < 4.78 is 103. The van der Waals surface area contributed by atoms with Crippen molar-refractivity contribution in [1.29, 1.82) is 0 Å². The molecule has 0 radical (unpaired) electrons. The van der Waals surface area contributed by atoms with E-state index in [9.17, 15) is 44.0 Å². The zero-order chi connectivity index (χ0) is 37.8. The van der Waals surface area contributed by atoms with E-state index in [1.54, 1.807) is 60.7 Å². The first kappa shape index (κ1) is 38.3. The lowest BCUT2D eigenvalue weighted by Crippen LogP contribution is -2.22. The van der Waals surface area contributed by atoms with Crippen LogP contribution >= 0.6 is 0 Å². The average molecular weight is 766 g/mol. The normalized spacial score (nSPS) is 13.3. The Morgan fingerprint density at radius 1 is 0.692 bits per heavy atom. The molecular weight excluding hydrogens is 729 g/mol. The molecule has 4 N–H and O–H groups in total. The van der Waals surface area contributed by atoms with Crippen molar-refractivity contribution >= 4 is 47.8 Å². The maximum Gasteiger partial charge on any atom is 0.295 e. The van der Waals surface area contributed by atoms with Gasteiger partial charge in [-0.3, -0.25) is 13.7 Å². The van der Waals surface area contributed by atoms with Crippen LogP contribution in [0.2, 0.25) is 0 Å². The van der Waals surface area contributed by atoms with Crippen LogP contribution in [0, 0.1) is 0 Å². The summed E-state index contributed by atoms with van der Waals surface area (Å²) in [5.74, 6) is -0.362. The highest BCUT2D eigenvalue weighted by atomic mass is 32.2. The van der Waals surface area contributed by atoms with Crippen LogP contribution in [0.5, 0.6) is 5.75 Å². The van der Waals surface area contributed by atoms with Crippen LogP contribution in [0.25, 0.3) is 17.2 Å². The van der Waals surface area contributed by atoms with Gasteiger partial charge in [0.1, 0.15) is 17.2 Å². The first-order valence-electron chi connectivity index (χ1n) is 16.0. The van der Waals surface area contributed by atoms with Gasteiger partial charge in [-0.1, -0.05) is 36.4 Å². The number of rotatable bonds is 12. The molecule has 4 aromatic carbocycles. The second kappa shape index (κ2) is 15.4. The van der Waals surface area contributed by atoms with E-state index in [0.717, 1.165) is 5.71 Å². The molecule has 0 amide bonds. The molecule has 0 aliphatic heterocycles. The van der Waals surface area contributed by atoms with Crippen molar-refractivity contribution < 1.29 is 48.6 Å². The van der Waals surface area contributed by atoms with Crippen LogP contribution in [-0.4, -0.2) is 67.4 Å². The summed E-state index contributed by atoms with van der Waals surface area (Å²) in [5.41, 5.74) is 3.78. The van der Waals surface area contributed by atoms with Gasteiger partial charge in [0.15, 0.2) is 12.3 Å². The van der Waals surface area contributed by atoms with Crippen LogP contribution in [0.4, 0.5) is 5.69 Å². The van der Waals surface area contributed by atoms with E-state index in [-0.39, 0.29) is 26.7 Å². The van der Waals surface area contributed by atoms with E-state index in [2.05, 4.69) is 0 Å². The van der Waals surface area contributed by atoms with Gasteiger partial charge in [-0.25, -0.2) is 4.58 Å². The fraction of sp³-hybridized carbons (Fsp3) is 0.162. The van der Waals surface area contributed by atoms with Gasteiger partial charge in [-0.2, -0.15) is 25.3 Å². The predicted molar refractivity (Wildman–Crippen MR) is 198 cm³/mol. The van der Waals surface area contributed by atoms with E-state index < -0.39 is 35.2 Å². The lowest BCUT2D eigenvalue weighted by atomic mass is 9.98. The number of anilines is 1. The number of aromatic hydroxyl groups is 1. The van der Waals surface area contributed by atoms with Crippen LogP contribution in [0.1, 0.15) is 30.5 Å². The molecule has 0 heterocycles. The van der Waals surface area contributed by atoms with Crippen molar-refractivity contribution in [2.75, 3.05) is 18.0 Å². The third-order valence-corrected chi connectivity index (χ3v) is 11.1. The number of benzene rings is 4. The highest BCUT2D eigenvalue weighted by Crippen LogP contribution is 2.39. The van der Waals surface area contributed by atoms with Crippen molar-refractivity contribution in [3.05, 3.63) is 131 Å². The second-order valence-corrected chi connectivity index (χ2v) is 16.1. The average Bonchev–Trinajstić information content (AvgIpc) is 3.10. The van der Waals surface area contributed by atoms with E-state index in [1.165, 1.54) is 42.5 Å². The Morgan fingerprint density at radius 2 is 1.27 bits per heavy atom. The molecule has 272 valence electrons. The van der Waals surface area contributed by atoms with Gasteiger partial charge >= 0.3 is 0 Å². The summed E-state index contributed by atoms with van der Waals surface area (Å²) in [5, 5.41) is 10.9. The summed E-state index contributed by atoms with van der Waals surface area (Å²) >= 11 is 0. The minimum atomic E-state index is -4.86. The summed E-state index contributed by atoms with van der Waals surface area (Å²) in [4.78, 5) is 1.03. The van der Waals surface area contributed by atoms with E-state index in [0.29, 0.717) is 54.1 Å². The molecule has 0 bridgehead atoms. The monoisotopic (exact) mass is 765 g/mol. The Hall–Kier alpha value is -4.90. The third-order valence-electron chi connectivity index (χ3n) is 8.43. The number of allylic oxidation sites excluding steroid dienone is 5. The molecule has 15 heteroatoms. The van der Waals surface area contributed by atoms with E-state index in [1.807, 2.05) is 35.5 Å². The fourth-order valence-corrected chi connectivity index (χ4v) is 7.89. The van der Waals surface area contributed by atoms with Gasteiger partial charge < -0.3 is 10.0 Å². The number of phenols is 1. The fourth-order valence-electron chi connectivity index (χ4n) is 5.88. The van der Waals surface area contributed by atoms with Gasteiger partial charge in [0.2, 0.25) is 0 Å².